The van der Waals surface area contributed by atoms with Crippen molar-refractivity contribution in [3.63, 3.8) is 0 Å². The molecule has 3 fully saturated rings. The van der Waals surface area contributed by atoms with E-state index in [0.29, 0.717) is 18.9 Å². The molecule has 4 rings (SSSR count). The maximum Gasteiger partial charge on any atom is 0.237 e. The number of aliphatic hydroxyl groups is 1. The Hall–Kier alpha value is -1.43. The lowest BCUT2D eigenvalue weighted by Gasteiger charge is -2.42. The third-order valence-electron chi connectivity index (χ3n) is 7.10. The minimum Gasteiger partial charge on any atom is -0.393 e. The van der Waals surface area contributed by atoms with Crippen LogP contribution >= 0.6 is 0 Å². The van der Waals surface area contributed by atoms with Gasteiger partial charge >= 0.3 is 0 Å². The molecule has 5 nitrogen and oxygen atoms in total. The van der Waals surface area contributed by atoms with Crippen molar-refractivity contribution in [1.29, 1.82) is 0 Å². The fourth-order valence-corrected chi connectivity index (χ4v) is 5.41. The Morgan fingerprint density at radius 2 is 1.89 bits per heavy atom. The average molecular weight is 373 g/mol. The Labute approximate surface area is 162 Å². The number of fused-ring (bicyclic) bond motifs is 1. The highest BCUT2D eigenvalue weighted by Gasteiger charge is 2.52. The minimum absolute atomic E-state index is 0.0283. The molecule has 1 aromatic carbocycles. The third kappa shape index (κ3) is 3.78. The van der Waals surface area contributed by atoms with Gasteiger partial charge in [0.15, 0.2) is 0 Å². The summed E-state index contributed by atoms with van der Waals surface area (Å²) in [7, 11) is 1.76. The van der Waals surface area contributed by atoms with Crippen LogP contribution in [0.5, 0.6) is 0 Å². The van der Waals surface area contributed by atoms with Crippen LogP contribution < -0.4 is 0 Å². The first-order chi connectivity index (χ1) is 13.1. The second kappa shape index (κ2) is 7.90. The number of rotatable bonds is 4. The first kappa shape index (κ1) is 18.9. The largest absolute Gasteiger partial charge is 0.393 e. The van der Waals surface area contributed by atoms with Crippen molar-refractivity contribution in [2.24, 2.45) is 0 Å². The van der Waals surface area contributed by atoms with Gasteiger partial charge in [-0.3, -0.25) is 9.69 Å². The Balaban J connectivity index is 1.33. The molecule has 148 valence electrons. The van der Waals surface area contributed by atoms with Crippen LogP contribution in [0.4, 0.5) is 0 Å². The van der Waals surface area contributed by atoms with E-state index < -0.39 is 0 Å². The summed E-state index contributed by atoms with van der Waals surface area (Å²) < 4.78 is 5.87. The van der Waals surface area contributed by atoms with Gasteiger partial charge in [-0.2, -0.15) is 0 Å². The number of aliphatic hydroxyl groups excluding tert-OH is 1. The SMILES string of the molecule is COC12CCC(O)CC1N(C(=O)CN1CCC(c3ccccc3)CC1)CC2. The summed E-state index contributed by atoms with van der Waals surface area (Å²) in [6.45, 7) is 3.20. The molecule has 0 aromatic heterocycles. The van der Waals surface area contributed by atoms with Crippen molar-refractivity contribution in [3.05, 3.63) is 35.9 Å². The molecule has 27 heavy (non-hydrogen) atoms. The molecule has 2 heterocycles. The smallest absolute Gasteiger partial charge is 0.237 e. The van der Waals surface area contributed by atoms with E-state index in [-0.39, 0.29) is 23.7 Å². The number of benzene rings is 1. The van der Waals surface area contributed by atoms with E-state index >= 15 is 0 Å². The van der Waals surface area contributed by atoms with Gasteiger partial charge in [-0.1, -0.05) is 30.3 Å². The van der Waals surface area contributed by atoms with Crippen molar-refractivity contribution in [1.82, 2.24) is 9.80 Å². The van der Waals surface area contributed by atoms with Gasteiger partial charge in [-0.25, -0.2) is 0 Å². The summed E-state index contributed by atoms with van der Waals surface area (Å²) in [5, 5.41) is 10.1. The molecule has 0 radical (unpaired) electrons. The van der Waals surface area contributed by atoms with Crippen molar-refractivity contribution in [2.45, 2.75) is 62.2 Å². The Kier molecular flexibility index (Phi) is 5.53. The molecule has 5 heteroatoms. The standard InChI is InChI=1S/C22H32N2O3/c1-27-22-10-7-19(25)15-20(22)24(14-11-22)21(26)16-23-12-8-18(9-13-23)17-5-3-2-4-6-17/h2-6,18-20,25H,7-16H2,1H3. The number of carbonyl (C=O) groups excluding carboxylic acids is 1. The van der Waals surface area contributed by atoms with E-state index in [1.54, 1.807) is 7.11 Å². The number of hydrogen-bond acceptors (Lipinski definition) is 4. The normalized spacial score (nSPS) is 32.4. The van der Waals surface area contributed by atoms with E-state index in [1.165, 1.54) is 5.56 Å². The summed E-state index contributed by atoms with van der Waals surface area (Å²) in [6.07, 6.45) is 5.08. The number of amides is 1. The van der Waals surface area contributed by atoms with Crippen LogP contribution in [-0.4, -0.2) is 71.8 Å². The zero-order chi connectivity index (χ0) is 18.9. The molecule has 1 amide bonds. The topological polar surface area (TPSA) is 53.0 Å². The van der Waals surface area contributed by atoms with E-state index in [1.807, 2.05) is 4.90 Å². The van der Waals surface area contributed by atoms with Crippen molar-refractivity contribution in [2.75, 3.05) is 33.3 Å². The van der Waals surface area contributed by atoms with Crippen LogP contribution in [0, 0.1) is 0 Å². The lowest BCUT2D eigenvalue weighted by Crippen LogP contribution is -2.54. The molecule has 3 atom stereocenters. The van der Waals surface area contributed by atoms with Crippen LogP contribution in [0.15, 0.2) is 30.3 Å². The lowest BCUT2D eigenvalue weighted by molar-refractivity contribution is -0.141. The fraction of sp³-hybridized carbons (Fsp3) is 0.682. The fourth-order valence-electron chi connectivity index (χ4n) is 5.41. The molecule has 1 N–H and O–H groups in total. The summed E-state index contributed by atoms with van der Waals surface area (Å²) >= 11 is 0. The van der Waals surface area contributed by atoms with Crippen LogP contribution in [-0.2, 0) is 9.53 Å². The predicted octanol–water partition coefficient (Wildman–Crippen LogP) is 2.40. The number of likely N-dealkylation sites (tertiary alicyclic amines) is 2. The summed E-state index contributed by atoms with van der Waals surface area (Å²) in [5.41, 5.74) is 1.18. The van der Waals surface area contributed by atoms with Crippen LogP contribution in [0.1, 0.15) is 50.0 Å². The molecule has 2 aliphatic heterocycles. The van der Waals surface area contributed by atoms with E-state index in [9.17, 15) is 9.90 Å². The lowest BCUT2D eigenvalue weighted by atomic mass is 9.79. The van der Waals surface area contributed by atoms with Gasteiger partial charge in [0.1, 0.15) is 0 Å². The molecule has 1 saturated carbocycles. The Morgan fingerprint density at radius 3 is 2.59 bits per heavy atom. The Morgan fingerprint density at radius 1 is 1.15 bits per heavy atom. The number of carbonyl (C=O) groups is 1. The maximum atomic E-state index is 13.0. The summed E-state index contributed by atoms with van der Waals surface area (Å²) in [6, 6.07) is 10.7. The molecular weight excluding hydrogens is 340 g/mol. The Bertz CT molecular complexity index is 644. The highest BCUT2D eigenvalue weighted by molar-refractivity contribution is 5.79. The monoisotopic (exact) mass is 372 g/mol. The number of piperidine rings is 1. The van der Waals surface area contributed by atoms with Gasteiger partial charge in [0.05, 0.1) is 24.3 Å². The first-order valence-corrected chi connectivity index (χ1v) is 10.4. The first-order valence-electron chi connectivity index (χ1n) is 10.4. The van der Waals surface area contributed by atoms with Crippen LogP contribution in [0.3, 0.4) is 0 Å². The quantitative estimate of drug-likeness (QED) is 0.882. The van der Waals surface area contributed by atoms with Crippen LogP contribution in [0.25, 0.3) is 0 Å². The van der Waals surface area contributed by atoms with E-state index in [2.05, 4.69) is 35.2 Å². The zero-order valence-corrected chi connectivity index (χ0v) is 16.3. The minimum atomic E-state index is -0.312. The van der Waals surface area contributed by atoms with Crippen molar-refractivity contribution in [3.8, 4) is 0 Å². The number of methoxy groups -OCH3 is 1. The molecule has 3 unspecified atom stereocenters. The van der Waals surface area contributed by atoms with Crippen molar-refractivity contribution >= 4 is 5.91 Å². The van der Waals surface area contributed by atoms with Gasteiger partial charge < -0.3 is 14.7 Å². The van der Waals surface area contributed by atoms with Crippen molar-refractivity contribution < 1.29 is 14.6 Å². The van der Waals surface area contributed by atoms with E-state index in [4.69, 9.17) is 4.74 Å². The molecule has 0 spiro atoms. The predicted molar refractivity (Wildman–Crippen MR) is 105 cm³/mol. The third-order valence-corrected chi connectivity index (χ3v) is 7.10. The molecule has 1 aliphatic carbocycles. The highest BCUT2D eigenvalue weighted by Crippen LogP contribution is 2.42. The molecule has 0 bridgehead atoms. The highest BCUT2D eigenvalue weighted by atomic mass is 16.5. The number of hydrogen-bond donors (Lipinski definition) is 1. The van der Waals surface area contributed by atoms with Gasteiger partial charge in [-0.05, 0) is 63.1 Å². The second-order valence-electron chi connectivity index (χ2n) is 8.51. The van der Waals surface area contributed by atoms with Gasteiger partial charge in [0, 0.05) is 13.7 Å². The number of ether oxygens (including phenoxy) is 1. The summed E-state index contributed by atoms with van der Waals surface area (Å²) in [4.78, 5) is 17.3. The zero-order valence-electron chi connectivity index (χ0n) is 16.3. The summed E-state index contributed by atoms with van der Waals surface area (Å²) in [5.74, 6) is 0.810. The van der Waals surface area contributed by atoms with Crippen LogP contribution in [0.2, 0.25) is 0 Å². The van der Waals surface area contributed by atoms with Gasteiger partial charge in [0.2, 0.25) is 5.91 Å². The molecule has 1 aromatic rings. The molecule has 2 saturated heterocycles. The van der Waals surface area contributed by atoms with Gasteiger partial charge in [0.25, 0.3) is 0 Å². The molecular formula is C22H32N2O3. The molecule has 3 aliphatic rings. The van der Waals surface area contributed by atoms with E-state index in [0.717, 1.165) is 51.7 Å². The maximum absolute atomic E-state index is 13.0. The van der Waals surface area contributed by atoms with Gasteiger partial charge in [-0.15, -0.1) is 0 Å². The number of nitrogens with zero attached hydrogens (tertiary/aromatic N) is 2. The second-order valence-corrected chi connectivity index (χ2v) is 8.51. The average Bonchev–Trinajstić information content (AvgIpc) is 3.08.